The van der Waals surface area contributed by atoms with Crippen molar-refractivity contribution < 1.29 is 19.1 Å². The summed E-state index contributed by atoms with van der Waals surface area (Å²) in [5.74, 6) is -1.32. The first-order valence-corrected chi connectivity index (χ1v) is 9.62. The number of methoxy groups -OCH3 is 1. The monoisotopic (exact) mass is 446 g/mol. The van der Waals surface area contributed by atoms with Gasteiger partial charge in [0.05, 0.1) is 7.11 Å². The summed E-state index contributed by atoms with van der Waals surface area (Å²) in [4.78, 5) is 36.6. The molecule has 148 valence electrons. The van der Waals surface area contributed by atoms with Crippen molar-refractivity contribution in [3.63, 3.8) is 0 Å². The fourth-order valence-electron chi connectivity index (χ4n) is 2.80. The number of benzene rings is 2. The zero-order valence-corrected chi connectivity index (χ0v) is 17.4. The molecule has 0 radical (unpaired) electrons. The van der Waals surface area contributed by atoms with Crippen LogP contribution >= 0.6 is 15.9 Å². The Balaban J connectivity index is 2.17. The zero-order valence-electron chi connectivity index (χ0n) is 15.8. The van der Waals surface area contributed by atoms with Crippen LogP contribution in [0.3, 0.4) is 0 Å². The standard InChI is InChI=1S/C21H23BrN2O4/c1-14(25)23-18(12-15-8-4-3-5-9-15)20(26)24-19(21(27)28-2)13-16-10-6-7-11-17(16)22/h3-11,18-19H,12-13H2,1-2H3,(H,23,25)(H,24,26)/t18-,19-/m0/s1. The van der Waals surface area contributed by atoms with Crippen LogP contribution in [0.2, 0.25) is 0 Å². The van der Waals surface area contributed by atoms with Crippen LogP contribution in [-0.4, -0.2) is 37.0 Å². The minimum Gasteiger partial charge on any atom is -0.467 e. The molecule has 2 rings (SSSR count). The topological polar surface area (TPSA) is 84.5 Å². The molecule has 0 bridgehead atoms. The molecule has 0 aliphatic carbocycles. The van der Waals surface area contributed by atoms with Crippen molar-refractivity contribution in [1.29, 1.82) is 0 Å². The molecule has 0 saturated carbocycles. The summed E-state index contributed by atoms with van der Waals surface area (Å²) >= 11 is 3.45. The summed E-state index contributed by atoms with van der Waals surface area (Å²) in [6.45, 7) is 1.35. The molecule has 0 unspecified atom stereocenters. The molecule has 2 amide bonds. The fourth-order valence-corrected chi connectivity index (χ4v) is 3.24. The third-order valence-electron chi connectivity index (χ3n) is 4.16. The average Bonchev–Trinajstić information content (AvgIpc) is 2.68. The van der Waals surface area contributed by atoms with Gasteiger partial charge in [0.25, 0.3) is 0 Å². The van der Waals surface area contributed by atoms with Crippen molar-refractivity contribution in [3.05, 3.63) is 70.2 Å². The van der Waals surface area contributed by atoms with Crippen molar-refractivity contribution in [2.75, 3.05) is 7.11 Å². The van der Waals surface area contributed by atoms with E-state index in [9.17, 15) is 14.4 Å². The molecule has 2 aromatic carbocycles. The highest BCUT2D eigenvalue weighted by Crippen LogP contribution is 2.18. The molecular weight excluding hydrogens is 424 g/mol. The largest absolute Gasteiger partial charge is 0.467 e. The van der Waals surface area contributed by atoms with Gasteiger partial charge in [-0.05, 0) is 17.2 Å². The maximum absolute atomic E-state index is 12.8. The maximum atomic E-state index is 12.8. The van der Waals surface area contributed by atoms with Crippen LogP contribution in [0.25, 0.3) is 0 Å². The molecule has 7 heteroatoms. The smallest absolute Gasteiger partial charge is 0.328 e. The molecule has 28 heavy (non-hydrogen) atoms. The SMILES string of the molecule is COC(=O)[C@H](Cc1ccccc1Br)NC(=O)[C@H](Cc1ccccc1)NC(C)=O. The number of ether oxygens (including phenoxy) is 1. The summed E-state index contributed by atoms with van der Waals surface area (Å²) < 4.78 is 5.68. The molecular formula is C21H23BrN2O4. The van der Waals surface area contributed by atoms with Gasteiger partial charge in [0.1, 0.15) is 12.1 Å². The predicted molar refractivity (Wildman–Crippen MR) is 110 cm³/mol. The van der Waals surface area contributed by atoms with Crippen LogP contribution in [0, 0.1) is 0 Å². The Labute approximate surface area is 172 Å². The molecule has 0 spiro atoms. The van der Waals surface area contributed by atoms with Gasteiger partial charge in [0.15, 0.2) is 0 Å². The third kappa shape index (κ3) is 6.49. The number of carbonyl (C=O) groups excluding carboxylic acids is 3. The van der Waals surface area contributed by atoms with E-state index in [0.29, 0.717) is 6.42 Å². The van der Waals surface area contributed by atoms with Gasteiger partial charge < -0.3 is 15.4 Å². The lowest BCUT2D eigenvalue weighted by atomic mass is 10.0. The molecule has 2 N–H and O–H groups in total. The lowest BCUT2D eigenvalue weighted by Crippen LogP contribution is -2.53. The Hall–Kier alpha value is -2.67. The highest BCUT2D eigenvalue weighted by Gasteiger charge is 2.27. The second-order valence-corrected chi connectivity index (χ2v) is 7.18. The Morgan fingerprint density at radius 3 is 2.18 bits per heavy atom. The Bertz CT molecular complexity index is 826. The van der Waals surface area contributed by atoms with Gasteiger partial charge in [-0.25, -0.2) is 4.79 Å². The van der Waals surface area contributed by atoms with Crippen LogP contribution in [0.5, 0.6) is 0 Å². The molecule has 0 saturated heterocycles. The molecule has 6 nitrogen and oxygen atoms in total. The van der Waals surface area contributed by atoms with Crippen molar-refractivity contribution in [2.45, 2.75) is 31.8 Å². The lowest BCUT2D eigenvalue weighted by molar-refractivity contribution is -0.145. The number of nitrogens with one attached hydrogen (secondary N) is 2. The van der Waals surface area contributed by atoms with Gasteiger partial charge in [-0.2, -0.15) is 0 Å². The van der Waals surface area contributed by atoms with E-state index in [1.54, 1.807) is 0 Å². The second kappa shape index (κ2) is 10.6. The highest BCUT2D eigenvalue weighted by molar-refractivity contribution is 9.10. The molecule has 2 aromatic rings. The third-order valence-corrected chi connectivity index (χ3v) is 4.93. The van der Waals surface area contributed by atoms with E-state index in [2.05, 4.69) is 26.6 Å². The molecule has 0 fully saturated rings. The lowest BCUT2D eigenvalue weighted by Gasteiger charge is -2.22. The van der Waals surface area contributed by atoms with E-state index >= 15 is 0 Å². The van der Waals surface area contributed by atoms with Gasteiger partial charge >= 0.3 is 5.97 Å². The Kier molecular flexibility index (Phi) is 8.19. The van der Waals surface area contributed by atoms with Crippen LogP contribution in [0.15, 0.2) is 59.1 Å². The molecule has 0 aliphatic rings. The number of esters is 1. The van der Waals surface area contributed by atoms with Crippen molar-refractivity contribution in [2.24, 2.45) is 0 Å². The predicted octanol–water partition coefficient (Wildman–Crippen LogP) is 2.40. The van der Waals surface area contributed by atoms with Crippen LogP contribution < -0.4 is 10.6 Å². The van der Waals surface area contributed by atoms with Crippen molar-refractivity contribution >= 4 is 33.7 Å². The minimum absolute atomic E-state index is 0.262. The van der Waals surface area contributed by atoms with E-state index in [0.717, 1.165) is 15.6 Å². The first-order valence-electron chi connectivity index (χ1n) is 8.83. The summed E-state index contributed by atoms with van der Waals surface area (Å²) in [6.07, 6.45) is 0.577. The fraction of sp³-hybridized carbons (Fsp3) is 0.286. The number of amides is 2. The number of carbonyl (C=O) groups is 3. The van der Waals surface area contributed by atoms with Crippen LogP contribution in [0.4, 0.5) is 0 Å². The summed E-state index contributed by atoms with van der Waals surface area (Å²) in [5, 5.41) is 5.37. The van der Waals surface area contributed by atoms with Crippen molar-refractivity contribution in [3.8, 4) is 0 Å². The summed E-state index contributed by atoms with van der Waals surface area (Å²) in [5.41, 5.74) is 1.76. The van der Waals surface area contributed by atoms with Gasteiger partial charge in [-0.15, -0.1) is 0 Å². The van der Waals surface area contributed by atoms with Crippen molar-refractivity contribution in [1.82, 2.24) is 10.6 Å². The van der Waals surface area contributed by atoms with E-state index < -0.39 is 24.0 Å². The Morgan fingerprint density at radius 2 is 1.57 bits per heavy atom. The normalized spacial score (nSPS) is 12.5. The average molecular weight is 447 g/mol. The molecule has 0 aliphatic heterocycles. The Morgan fingerprint density at radius 1 is 0.929 bits per heavy atom. The maximum Gasteiger partial charge on any atom is 0.328 e. The number of rotatable bonds is 8. The molecule has 0 heterocycles. The zero-order chi connectivity index (χ0) is 20.5. The second-order valence-electron chi connectivity index (χ2n) is 6.32. The van der Waals surface area contributed by atoms with Gasteiger partial charge in [0, 0.05) is 24.2 Å². The molecule has 0 aromatic heterocycles. The van der Waals surface area contributed by atoms with Crippen LogP contribution in [0.1, 0.15) is 18.1 Å². The first-order chi connectivity index (χ1) is 13.4. The number of hydrogen-bond donors (Lipinski definition) is 2. The highest BCUT2D eigenvalue weighted by atomic mass is 79.9. The molecule has 2 atom stereocenters. The number of halogens is 1. The van der Waals surface area contributed by atoms with E-state index in [-0.39, 0.29) is 12.3 Å². The quantitative estimate of drug-likeness (QED) is 0.609. The number of hydrogen-bond acceptors (Lipinski definition) is 4. The van der Waals surface area contributed by atoms with E-state index in [4.69, 9.17) is 4.74 Å². The van der Waals surface area contributed by atoms with Gasteiger partial charge in [-0.1, -0.05) is 64.5 Å². The van der Waals surface area contributed by atoms with Crippen LogP contribution in [-0.2, 0) is 32.0 Å². The van der Waals surface area contributed by atoms with Gasteiger partial charge in [0.2, 0.25) is 11.8 Å². The van der Waals surface area contributed by atoms with Gasteiger partial charge in [-0.3, -0.25) is 9.59 Å². The van der Waals surface area contributed by atoms with E-state index in [1.807, 2.05) is 54.6 Å². The summed E-state index contributed by atoms with van der Waals surface area (Å²) in [6, 6.07) is 15.1. The first kappa shape index (κ1) is 21.6. The summed E-state index contributed by atoms with van der Waals surface area (Å²) in [7, 11) is 1.27. The van der Waals surface area contributed by atoms with E-state index in [1.165, 1.54) is 14.0 Å². The minimum atomic E-state index is -0.872.